The maximum absolute atomic E-state index is 13.2. The predicted octanol–water partition coefficient (Wildman–Crippen LogP) is 2.87. The first-order valence-corrected chi connectivity index (χ1v) is 5.55. The summed E-state index contributed by atoms with van der Waals surface area (Å²) in [7, 11) is 0. The summed E-state index contributed by atoms with van der Waals surface area (Å²) in [5.41, 5.74) is 0. The van der Waals surface area contributed by atoms with Gasteiger partial charge in [-0.15, -0.1) is 0 Å². The highest BCUT2D eigenvalue weighted by Crippen LogP contribution is 2.25. The molecule has 1 aliphatic carbocycles. The number of aromatic nitrogens is 2. The van der Waals surface area contributed by atoms with E-state index in [4.69, 9.17) is 11.6 Å². The van der Waals surface area contributed by atoms with Gasteiger partial charge in [-0.25, -0.2) is 9.37 Å². The lowest BCUT2D eigenvalue weighted by Gasteiger charge is -2.11. The van der Waals surface area contributed by atoms with Crippen LogP contribution in [-0.4, -0.2) is 16.5 Å². The Bertz CT molecular complexity index is 339. The highest BCUT2D eigenvalue weighted by atomic mass is 35.5. The van der Waals surface area contributed by atoms with Crippen molar-refractivity contribution in [2.24, 2.45) is 5.92 Å². The number of hydrogen-bond acceptors (Lipinski definition) is 3. The molecular weight excluding hydrogens is 217 g/mol. The van der Waals surface area contributed by atoms with Gasteiger partial charge < -0.3 is 5.32 Å². The van der Waals surface area contributed by atoms with Crippen LogP contribution in [0.1, 0.15) is 25.7 Å². The van der Waals surface area contributed by atoms with Crippen molar-refractivity contribution in [3.8, 4) is 0 Å². The van der Waals surface area contributed by atoms with E-state index in [1.807, 2.05) is 0 Å². The molecule has 0 saturated heterocycles. The average molecular weight is 230 g/mol. The fourth-order valence-electron chi connectivity index (χ4n) is 1.93. The van der Waals surface area contributed by atoms with E-state index in [0.29, 0.717) is 5.92 Å². The molecule has 0 bridgehead atoms. The maximum Gasteiger partial charge on any atom is 0.224 e. The van der Waals surface area contributed by atoms with Crippen LogP contribution in [0.2, 0.25) is 5.28 Å². The van der Waals surface area contributed by atoms with Crippen LogP contribution in [0.4, 0.5) is 10.2 Å². The molecule has 0 aliphatic heterocycles. The quantitative estimate of drug-likeness (QED) is 0.810. The largest absolute Gasteiger partial charge is 0.367 e. The van der Waals surface area contributed by atoms with Crippen molar-refractivity contribution in [3.05, 3.63) is 17.3 Å². The molecule has 1 aromatic rings. The minimum Gasteiger partial charge on any atom is -0.367 e. The van der Waals surface area contributed by atoms with Crippen LogP contribution >= 0.6 is 11.6 Å². The number of rotatable bonds is 3. The monoisotopic (exact) mass is 229 g/mol. The van der Waals surface area contributed by atoms with Crippen LogP contribution in [0.3, 0.4) is 0 Å². The first-order valence-electron chi connectivity index (χ1n) is 5.17. The summed E-state index contributed by atoms with van der Waals surface area (Å²) < 4.78 is 13.2. The van der Waals surface area contributed by atoms with Gasteiger partial charge in [-0.1, -0.05) is 12.8 Å². The molecule has 3 nitrogen and oxygen atoms in total. The van der Waals surface area contributed by atoms with Gasteiger partial charge in [0, 0.05) is 6.54 Å². The highest BCUT2D eigenvalue weighted by molar-refractivity contribution is 6.28. The molecule has 2 rings (SSSR count). The normalized spacial score (nSPS) is 16.9. The summed E-state index contributed by atoms with van der Waals surface area (Å²) in [6, 6.07) is 0. The molecule has 1 fully saturated rings. The van der Waals surface area contributed by atoms with Gasteiger partial charge in [-0.3, -0.25) is 0 Å². The van der Waals surface area contributed by atoms with Crippen LogP contribution in [0, 0.1) is 11.7 Å². The molecule has 1 heterocycles. The molecule has 0 amide bonds. The van der Waals surface area contributed by atoms with Crippen LogP contribution in [0.25, 0.3) is 0 Å². The minimum atomic E-state index is -0.447. The van der Waals surface area contributed by atoms with E-state index in [2.05, 4.69) is 15.3 Å². The number of anilines is 1. The number of nitrogens with one attached hydrogen (secondary N) is 1. The Morgan fingerprint density at radius 1 is 1.47 bits per heavy atom. The van der Waals surface area contributed by atoms with Crippen LogP contribution in [-0.2, 0) is 0 Å². The van der Waals surface area contributed by atoms with Gasteiger partial charge in [0.15, 0.2) is 11.6 Å². The lowest BCUT2D eigenvalue weighted by molar-refractivity contribution is 0.569. The zero-order valence-electron chi connectivity index (χ0n) is 8.34. The molecular formula is C10H13ClFN3. The second kappa shape index (κ2) is 4.75. The Labute approximate surface area is 93.1 Å². The van der Waals surface area contributed by atoms with E-state index in [0.717, 1.165) is 12.7 Å². The third-order valence-electron chi connectivity index (χ3n) is 2.75. The average Bonchev–Trinajstić information content (AvgIpc) is 2.72. The fourth-order valence-corrected chi connectivity index (χ4v) is 2.06. The molecule has 1 N–H and O–H groups in total. The fraction of sp³-hybridized carbons (Fsp3) is 0.600. The molecule has 0 unspecified atom stereocenters. The van der Waals surface area contributed by atoms with Crippen LogP contribution in [0.15, 0.2) is 6.20 Å². The zero-order valence-corrected chi connectivity index (χ0v) is 9.10. The zero-order chi connectivity index (χ0) is 10.7. The van der Waals surface area contributed by atoms with E-state index < -0.39 is 5.82 Å². The minimum absolute atomic E-state index is 0.0744. The van der Waals surface area contributed by atoms with E-state index in [9.17, 15) is 4.39 Å². The molecule has 15 heavy (non-hydrogen) atoms. The Kier molecular flexibility index (Phi) is 3.36. The van der Waals surface area contributed by atoms with E-state index in [1.54, 1.807) is 0 Å². The molecule has 82 valence electrons. The summed E-state index contributed by atoms with van der Waals surface area (Å²) in [4.78, 5) is 7.36. The SMILES string of the molecule is Fc1cnc(Cl)nc1NCC1CCCC1. The van der Waals surface area contributed by atoms with Crippen molar-refractivity contribution in [1.82, 2.24) is 9.97 Å². The van der Waals surface area contributed by atoms with Gasteiger partial charge in [0.1, 0.15) is 0 Å². The van der Waals surface area contributed by atoms with E-state index in [1.165, 1.54) is 25.7 Å². The van der Waals surface area contributed by atoms with Crippen molar-refractivity contribution < 1.29 is 4.39 Å². The standard InChI is InChI=1S/C10H13ClFN3/c11-10-14-6-8(12)9(15-10)13-5-7-3-1-2-4-7/h6-7H,1-5H2,(H,13,14,15). The van der Waals surface area contributed by atoms with Crippen molar-refractivity contribution in [3.63, 3.8) is 0 Å². The smallest absolute Gasteiger partial charge is 0.224 e. The van der Waals surface area contributed by atoms with Crippen LogP contribution < -0.4 is 5.32 Å². The second-order valence-electron chi connectivity index (χ2n) is 3.87. The summed E-state index contributed by atoms with van der Waals surface area (Å²) in [5, 5.41) is 3.06. The number of halogens is 2. The first kappa shape index (κ1) is 10.6. The molecule has 1 saturated carbocycles. The number of hydrogen-bond donors (Lipinski definition) is 1. The third-order valence-corrected chi connectivity index (χ3v) is 2.93. The van der Waals surface area contributed by atoms with Crippen LogP contribution in [0.5, 0.6) is 0 Å². The summed E-state index contributed by atoms with van der Waals surface area (Å²) in [6.45, 7) is 0.768. The van der Waals surface area contributed by atoms with Crippen molar-refractivity contribution in [1.29, 1.82) is 0 Å². The van der Waals surface area contributed by atoms with Gasteiger partial charge in [0.2, 0.25) is 5.28 Å². The summed E-state index contributed by atoms with van der Waals surface area (Å²) >= 11 is 5.58. The lowest BCUT2D eigenvalue weighted by atomic mass is 10.1. The Morgan fingerprint density at radius 2 is 2.20 bits per heavy atom. The molecule has 5 heteroatoms. The first-order chi connectivity index (χ1) is 7.25. The predicted molar refractivity (Wildman–Crippen MR) is 57.4 cm³/mol. The maximum atomic E-state index is 13.2. The third kappa shape index (κ3) is 2.78. The summed E-state index contributed by atoms with van der Waals surface area (Å²) in [5.74, 6) is 0.400. The van der Waals surface area contributed by atoms with Gasteiger partial charge in [-0.05, 0) is 30.4 Å². The second-order valence-corrected chi connectivity index (χ2v) is 4.21. The topological polar surface area (TPSA) is 37.8 Å². The molecule has 0 aromatic carbocycles. The van der Waals surface area contributed by atoms with Gasteiger partial charge >= 0.3 is 0 Å². The molecule has 1 aromatic heterocycles. The number of nitrogens with zero attached hydrogens (tertiary/aromatic N) is 2. The Hall–Kier alpha value is -0.900. The molecule has 0 radical (unpaired) electrons. The van der Waals surface area contributed by atoms with Gasteiger partial charge in [0.05, 0.1) is 6.20 Å². The Balaban J connectivity index is 1.94. The molecule has 0 atom stereocenters. The van der Waals surface area contributed by atoms with Gasteiger partial charge in [0.25, 0.3) is 0 Å². The Morgan fingerprint density at radius 3 is 2.93 bits per heavy atom. The van der Waals surface area contributed by atoms with Gasteiger partial charge in [-0.2, -0.15) is 4.98 Å². The molecule has 1 aliphatic rings. The summed E-state index contributed by atoms with van der Waals surface area (Å²) in [6.07, 6.45) is 6.08. The highest BCUT2D eigenvalue weighted by Gasteiger charge is 2.15. The van der Waals surface area contributed by atoms with Crippen molar-refractivity contribution >= 4 is 17.4 Å². The van der Waals surface area contributed by atoms with Crippen molar-refractivity contribution in [2.45, 2.75) is 25.7 Å². The lowest BCUT2D eigenvalue weighted by Crippen LogP contribution is -2.13. The van der Waals surface area contributed by atoms with Crippen molar-refractivity contribution in [2.75, 3.05) is 11.9 Å². The van der Waals surface area contributed by atoms with E-state index >= 15 is 0 Å². The molecule has 0 spiro atoms. The van der Waals surface area contributed by atoms with E-state index in [-0.39, 0.29) is 11.1 Å².